The largest absolute Gasteiger partial charge is 0.459 e. The minimum absolute atomic E-state index is 0.695. The van der Waals surface area contributed by atoms with Crippen molar-refractivity contribution < 1.29 is 4.42 Å². The Bertz CT molecular complexity index is 2750. The van der Waals surface area contributed by atoms with Crippen LogP contribution in [0, 0.1) is 0 Å². The zero-order chi connectivity index (χ0) is 35.6. The fourth-order valence-corrected chi connectivity index (χ4v) is 9.04. The molecule has 9 aromatic rings. The van der Waals surface area contributed by atoms with E-state index >= 15 is 0 Å². The molecule has 1 unspecified atom stereocenters. The number of fused-ring (bicyclic) bond motifs is 12. The summed E-state index contributed by atoms with van der Waals surface area (Å²) in [7, 11) is 0. The molecule has 1 spiro atoms. The first kappa shape index (κ1) is 30.5. The first-order valence-corrected chi connectivity index (χ1v) is 18.5. The van der Waals surface area contributed by atoms with Crippen LogP contribution in [0.1, 0.15) is 22.5 Å². The predicted molar refractivity (Wildman–Crippen MR) is 222 cm³/mol. The third-order valence-electron chi connectivity index (χ3n) is 11.2. The van der Waals surface area contributed by atoms with Gasteiger partial charge in [0.2, 0.25) is 0 Å². The van der Waals surface area contributed by atoms with Crippen LogP contribution < -0.4 is 9.80 Å². The van der Waals surface area contributed by atoms with Crippen LogP contribution in [-0.2, 0) is 5.41 Å². The number of anilines is 6. The van der Waals surface area contributed by atoms with Crippen LogP contribution in [-0.4, -0.2) is 0 Å². The quantitative estimate of drug-likeness (QED) is 0.173. The molecule has 254 valence electrons. The molecule has 0 radical (unpaired) electrons. The van der Waals surface area contributed by atoms with Gasteiger partial charge in [-0.25, -0.2) is 0 Å². The van der Waals surface area contributed by atoms with Crippen LogP contribution in [0.5, 0.6) is 0 Å². The fraction of sp³-hybridized carbons (Fsp3) is 0.0196. The molecule has 8 aromatic carbocycles. The van der Waals surface area contributed by atoms with Gasteiger partial charge in [0.15, 0.2) is 0 Å². The van der Waals surface area contributed by atoms with Crippen molar-refractivity contribution in [2.24, 2.45) is 0 Å². The standard InChI is InChI=1S/C51H34N2O/c1-5-17-35(18-6-1)52(36-19-7-2-8-20-36)39-29-31-42-41-25-13-15-27-45(41)51(46(42)33-39)47-34-40(53(37-21-9-3-10-22-37)38-23-11-4-12-24-38)30-32-43(47)49-44-26-14-16-28-48(44)54-50(49)51/h1-34H. The van der Waals surface area contributed by atoms with Gasteiger partial charge in [0.05, 0.1) is 0 Å². The normalized spacial score (nSPS) is 14.7. The van der Waals surface area contributed by atoms with Crippen LogP contribution in [0.25, 0.3) is 33.2 Å². The van der Waals surface area contributed by atoms with Gasteiger partial charge < -0.3 is 14.2 Å². The second-order valence-corrected chi connectivity index (χ2v) is 14.1. The molecule has 3 nitrogen and oxygen atoms in total. The van der Waals surface area contributed by atoms with Crippen molar-refractivity contribution in [3.8, 4) is 22.3 Å². The second kappa shape index (κ2) is 12.0. The Balaban J connectivity index is 1.23. The van der Waals surface area contributed by atoms with E-state index in [9.17, 15) is 0 Å². The van der Waals surface area contributed by atoms with E-state index in [0.29, 0.717) is 0 Å². The van der Waals surface area contributed by atoms with Gasteiger partial charge in [0, 0.05) is 45.1 Å². The molecule has 0 aliphatic heterocycles. The summed E-state index contributed by atoms with van der Waals surface area (Å²) in [5.74, 6) is 0.983. The minimum Gasteiger partial charge on any atom is -0.459 e. The molecule has 1 heterocycles. The molecule has 54 heavy (non-hydrogen) atoms. The number of hydrogen-bond donors (Lipinski definition) is 0. The summed E-state index contributed by atoms with van der Waals surface area (Å²) in [6.07, 6.45) is 0. The summed E-state index contributed by atoms with van der Waals surface area (Å²) in [6.45, 7) is 0. The Morgan fingerprint density at radius 2 is 0.759 bits per heavy atom. The fourth-order valence-electron chi connectivity index (χ4n) is 9.04. The molecule has 0 fully saturated rings. The molecule has 2 aliphatic rings. The van der Waals surface area contributed by atoms with Crippen molar-refractivity contribution in [2.75, 3.05) is 9.80 Å². The molecular formula is C51H34N2O. The van der Waals surface area contributed by atoms with Crippen LogP contribution >= 0.6 is 0 Å². The van der Waals surface area contributed by atoms with E-state index in [0.717, 1.165) is 50.9 Å². The average Bonchev–Trinajstić information content (AvgIpc) is 3.86. The lowest BCUT2D eigenvalue weighted by Crippen LogP contribution is -2.26. The minimum atomic E-state index is -0.695. The molecule has 0 bridgehead atoms. The molecule has 0 saturated heterocycles. The van der Waals surface area contributed by atoms with Crippen LogP contribution in [0.4, 0.5) is 34.1 Å². The number of hydrogen-bond acceptors (Lipinski definition) is 3. The SMILES string of the molecule is c1ccc(N(c2ccccc2)c2ccc3c(c2)C2(c4ccccc4-3)c3cc(N(c4ccccc4)c4ccccc4)ccc3-c3c2oc2ccccc32)cc1. The number of rotatable bonds is 6. The van der Waals surface area contributed by atoms with Crippen molar-refractivity contribution >= 4 is 45.1 Å². The highest BCUT2D eigenvalue weighted by molar-refractivity contribution is 6.05. The highest BCUT2D eigenvalue weighted by Crippen LogP contribution is 2.65. The third kappa shape index (κ3) is 4.36. The monoisotopic (exact) mass is 690 g/mol. The third-order valence-corrected chi connectivity index (χ3v) is 11.2. The van der Waals surface area contributed by atoms with Crippen molar-refractivity contribution in [2.45, 2.75) is 5.41 Å². The zero-order valence-electron chi connectivity index (χ0n) is 29.4. The van der Waals surface area contributed by atoms with Crippen LogP contribution in [0.2, 0.25) is 0 Å². The summed E-state index contributed by atoms with van der Waals surface area (Å²) >= 11 is 0. The van der Waals surface area contributed by atoms with Gasteiger partial charge in [0.1, 0.15) is 16.8 Å². The molecule has 11 rings (SSSR count). The van der Waals surface area contributed by atoms with E-state index in [4.69, 9.17) is 4.42 Å². The van der Waals surface area contributed by atoms with Crippen molar-refractivity contribution in [3.05, 3.63) is 229 Å². The first-order chi connectivity index (χ1) is 26.8. The van der Waals surface area contributed by atoms with E-state index in [1.54, 1.807) is 0 Å². The molecule has 0 amide bonds. The lowest BCUT2D eigenvalue weighted by atomic mass is 9.73. The lowest BCUT2D eigenvalue weighted by molar-refractivity contribution is 0.507. The molecule has 0 N–H and O–H groups in total. The van der Waals surface area contributed by atoms with E-state index < -0.39 is 5.41 Å². The Hall–Kier alpha value is -7.10. The van der Waals surface area contributed by atoms with Gasteiger partial charge in [-0.1, -0.05) is 127 Å². The topological polar surface area (TPSA) is 19.6 Å². The van der Waals surface area contributed by atoms with Gasteiger partial charge in [-0.3, -0.25) is 0 Å². The summed E-state index contributed by atoms with van der Waals surface area (Å²) < 4.78 is 7.16. The summed E-state index contributed by atoms with van der Waals surface area (Å²) in [4.78, 5) is 4.71. The Morgan fingerprint density at radius 3 is 1.31 bits per heavy atom. The number of nitrogens with zero attached hydrogens (tertiary/aromatic N) is 2. The zero-order valence-corrected chi connectivity index (χ0v) is 29.4. The average molecular weight is 691 g/mol. The van der Waals surface area contributed by atoms with Crippen molar-refractivity contribution in [3.63, 3.8) is 0 Å². The molecular weight excluding hydrogens is 657 g/mol. The van der Waals surface area contributed by atoms with E-state index in [1.807, 2.05) is 0 Å². The highest BCUT2D eigenvalue weighted by Gasteiger charge is 2.55. The molecule has 2 aliphatic carbocycles. The van der Waals surface area contributed by atoms with Gasteiger partial charge in [-0.05, 0) is 112 Å². The molecule has 3 heteroatoms. The van der Waals surface area contributed by atoms with Crippen molar-refractivity contribution in [1.82, 2.24) is 0 Å². The van der Waals surface area contributed by atoms with Crippen LogP contribution in [0.15, 0.2) is 211 Å². The summed E-state index contributed by atoms with van der Waals surface area (Å²) in [5, 5.41) is 1.14. The van der Waals surface area contributed by atoms with Crippen LogP contribution in [0.3, 0.4) is 0 Å². The van der Waals surface area contributed by atoms with E-state index in [2.05, 4.69) is 216 Å². The maximum Gasteiger partial charge on any atom is 0.135 e. The van der Waals surface area contributed by atoms with Gasteiger partial charge in [-0.15, -0.1) is 0 Å². The number of para-hydroxylation sites is 5. The molecule has 1 aromatic heterocycles. The van der Waals surface area contributed by atoms with Gasteiger partial charge in [0.25, 0.3) is 0 Å². The van der Waals surface area contributed by atoms with E-state index in [-0.39, 0.29) is 0 Å². The Labute approximate surface area is 314 Å². The Morgan fingerprint density at radius 1 is 0.333 bits per heavy atom. The molecule has 1 atom stereocenters. The van der Waals surface area contributed by atoms with Crippen molar-refractivity contribution in [1.29, 1.82) is 0 Å². The Kier molecular flexibility index (Phi) is 6.77. The maximum atomic E-state index is 7.16. The van der Waals surface area contributed by atoms with E-state index in [1.165, 1.54) is 38.9 Å². The van der Waals surface area contributed by atoms with Gasteiger partial charge in [-0.2, -0.15) is 0 Å². The highest BCUT2D eigenvalue weighted by atomic mass is 16.3. The lowest BCUT2D eigenvalue weighted by Gasteiger charge is -2.32. The predicted octanol–water partition coefficient (Wildman–Crippen LogP) is 13.7. The van der Waals surface area contributed by atoms with Gasteiger partial charge >= 0.3 is 0 Å². The maximum absolute atomic E-state index is 7.16. The smallest absolute Gasteiger partial charge is 0.135 e. The number of furan rings is 1. The summed E-state index contributed by atoms with van der Waals surface area (Å²) in [5.41, 5.74) is 15.3. The second-order valence-electron chi connectivity index (χ2n) is 14.1. The number of benzene rings is 8. The first-order valence-electron chi connectivity index (χ1n) is 18.5. The molecule has 0 saturated carbocycles. The summed E-state index contributed by atoms with van der Waals surface area (Å²) in [6, 6.07) is 74.1.